The van der Waals surface area contributed by atoms with Crippen molar-refractivity contribution in [1.82, 2.24) is 0 Å². The van der Waals surface area contributed by atoms with Crippen LogP contribution in [0.3, 0.4) is 0 Å². The maximum Gasteiger partial charge on any atom is 0.349 e. The third kappa shape index (κ3) is 2.28. The highest BCUT2D eigenvalue weighted by Gasteiger charge is 2.71. The summed E-state index contributed by atoms with van der Waals surface area (Å²) in [6.07, 6.45) is 2.05. The van der Waals surface area contributed by atoms with Gasteiger partial charge in [0, 0.05) is 12.8 Å². The molecule has 0 radical (unpaired) electrons. The van der Waals surface area contributed by atoms with Crippen LogP contribution < -0.4 is 0 Å². The molecule has 0 spiro atoms. The van der Waals surface area contributed by atoms with Crippen LogP contribution in [0.4, 0.5) is 0 Å². The number of quaternary nitrogens is 1. The highest BCUT2D eigenvalue weighted by Crippen LogP contribution is 2.52. The maximum absolute atomic E-state index is 13.1. The van der Waals surface area contributed by atoms with Crippen LogP contribution in [0.15, 0.2) is 35.0 Å². The highest BCUT2D eigenvalue weighted by molar-refractivity contribution is 7.12. The Morgan fingerprint density at radius 1 is 1.15 bits per heavy atom. The van der Waals surface area contributed by atoms with Crippen LogP contribution in [0.25, 0.3) is 0 Å². The monoisotopic (exact) mass is 392 g/mol. The first kappa shape index (κ1) is 16.9. The Bertz CT molecular complexity index is 762. The summed E-state index contributed by atoms with van der Waals surface area (Å²) < 4.78 is 12.6. The number of nitrogens with zero attached hydrogens (tertiary/aromatic N) is 1. The van der Waals surface area contributed by atoms with E-state index in [1.807, 2.05) is 22.9 Å². The lowest BCUT2D eigenvalue weighted by atomic mass is 9.95. The van der Waals surface area contributed by atoms with Gasteiger partial charge in [-0.25, -0.2) is 4.79 Å². The van der Waals surface area contributed by atoms with Gasteiger partial charge in [-0.3, -0.25) is 0 Å². The van der Waals surface area contributed by atoms with Crippen LogP contribution in [-0.2, 0) is 19.9 Å². The first-order valence-electron chi connectivity index (χ1n) is 8.92. The van der Waals surface area contributed by atoms with E-state index in [2.05, 4.69) is 14.1 Å². The number of carbonyl (C=O) groups is 1. The van der Waals surface area contributed by atoms with Crippen LogP contribution >= 0.6 is 22.7 Å². The van der Waals surface area contributed by atoms with Crippen LogP contribution in [-0.4, -0.2) is 60.0 Å². The lowest BCUT2D eigenvalue weighted by Gasteiger charge is -2.45. The second-order valence-corrected chi connectivity index (χ2v) is 9.89. The van der Waals surface area contributed by atoms with Gasteiger partial charge in [0.05, 0.1) is 23.8 Å². The van der Waals surface area contributed by atoms with E-state index in [0.29, 0.717) is 34.0 Å². The molecular weight excluding hydrogens is 370 g/mol. The summed E-state index contributed by atoms with van der Waals surface area (Å²) in [6.45, 7) is 0. The average Bonchev–Trinajstić information content (AvgIpc) is 2.98. The lowest BCUT2D eigenvalue weighted by Crippen LogP contribution is -2.60. The molecular formula is C19H22NO4S2+. The Hall–Kier alpha value is -1.25. The van der Waals surface area contributed by atoms with Crippen molar-refractivity contribution in [3.05, 3.63) is 44.8 Å². The molecule has 26 heavy (non-hydrogen) atoms. The second-order valence-electron chi connectivity index (χ2n) is 7.99. The SMILES string of the molecule is C[N+]1(C)C2CC(OC(=O)C(O)(c3cccs3)c3cccs3)C[C@@H]1C1OC12. The fourth-order valence-electron chi connectivity index (χ4n) is 4.83. The van der Waals surface area contributed by atoms with Crippen LogP contribution in [0.2, 0.25) is 0 Å². The highest BCUT2D eigenvalue weighted by atomic mass is 32.1. The van der Waals surface area contributed by atoms with Gasteiger partial charge in [0.2, 0.25) is 5.60 Å². The van der Waals surface area contributed by atoms with Crippen LogP contribution in [0, 0.1) is 0 Å². The quantitative estimate of drug-likeness (QED) is 0.493. The molecule has 0 amide bonds. The summed E-state index contributed by atoms with van der Waals surface area (Å²) in [5, 5.41) is 15.1. The summed E-state index contributed by atoms with van der Waals surface area (Å²) in [5.74, 6) is -0.561. The molecule has 2 aromatic rings. The summed E-state index contributed by atoms with van der Waals surface area (Å²) in [7, 11) is 4.49. The van der Waals surface area contributed by atoms with Gasteiger partial charge in [-0.15, -0.1) is 22.7 Å². The number of hydrogen-bond acceptors (Lipinski definition) is 6. The third-order valence-corrected chi connectivity index (χ3v) is 8.32. The molecule has 138 valence electrons. The van der Waals surface area contributed by atoms with Gasteiger partial charge < -0.3 is 19.1 Å². The predicted octanol–water partition coefficient (Wildman–Crippen LogP) is 2.35. The zero-order chi connectivity index (χ0) is 18.1. The Balaban J connectivity index is 1.40. The molecule has 5 rings (SSSR count). The molecule has 5 heterocycles. The second kappa shape index (κ2) is 5.62. The van der Waals surface area contributed by atoms with Gasteiger partial charge in [0.1, 0.15) is 30.4 Å². The average molecular weight is 393 g/mol. The number of likely N-dealkylation sites (N-methyl/N-ethyl adjacent to an activating group) is 1. The van der Waals surface area contributed by atoms with Crippen molar-refractivity contribution >= 4 is 28.6 Å². The van der Waals surface area contributed by atoms with Gasteiger partial charge in [-0.05, 0) is 22.9 Å². The molecule has 5 atom stereocenters. The molecule has 0 saturated carbocycles. The number of hydrogen-bond donors (Lipinski definition) is 1. The summed E-state index contributed by atoms with van der Waals surface area (Å²) in [6, 6.07) is 8.01. The number of piperidine rings is 1. The largest absolute Gasteiger partial charge is 0.459 e. The first-order valence-corrected chi connectivity index (χ1v) is 10.7. The van der Waals surface area contributed by atoms with Gasteiger partial charge in [0.15, 0.2) is 0 Å². The van der Waals surface area contributed by atoms with E-state index in [4.69, 9.17) is 9.47 Å². The van der Waals surface area contributed by atoms with E-state index in [0.717, 1.165) is 17.3 Å². The van der Waals surface area contributed by atoms with Crippen molar-refractivity contribution in [3.63, 3.8) is 0 Å². The number of ether oxygens (including phenoxy) is 2. The first-order chi connectivity index (χ1) is 12.4. The molecule has 3 aliphatic rings. The molecule has 5 nitrogen and oxygen atoms in total. The van der Waals surface area contributed by atoms with Crippen LogP contribution in [0.5, 0.6) is 0 Å². The smallest absolute Gasteiger partial charge is 0.349 e. The van der Waals surface area contributed by atoms with Crippen molar-refractivity contribution in [3.8, 4) is 0 Å². The topological polar surface area (TPSA) is 59.1 Å². The predicted molar refractivity (Wildman–Crippen MR) is 99.1 cm³/mol. The molecule has 0 aromatic carbocycles. The van der Waals surface area contributed by atoms with Crippen molar-refractivity contribution in [2.45, 2.75) is 48.8 Å². The third-order valence-electron chi connectivity index (χ3n) is 6.36. The van der Waals surface area contributed by atoms with Gasteiger partial charge in [-0.2, -0.15) is 0 Å². The summed E-state index contributed by atoms with van der Waals surface area (Å²) in [5.41, 5.74) is -1.72. The van der Waals surface area contributed by atoms with Gasteiger partial charge >= 0.3 is 5.97 Å². The molecule has 2 aromatic heterocycles. The van der Waals surface area contributed by atoms with Crippen molar-refractivity contribution < 1.29 is 23.9 Å². The number of morpholine rings is 1. The molecule has 1 N–H and O–H groups in total. The van der Waals surface area contributed by atoms with E-state index < -0.39 is 11.6 Å². The minimum atomic E-state index is -1.72. The number of epoxide rings is 1. The minimum absolute atomic E-state index is 0.161. The number of esters is 1. The zero-order valence-corrected chi connectivity index (χ0v) is 16.3. The van der Waals surface area contributed by atoms with E-state index in [9.17, 15) is 9.90 Å². The lowest BCUT2D eigenvalue weighted by molar-refractivity contribution is -0.938. The van der Waals surface area contributed by atoms with E-state index in [-0.39, 0.29) is 6.10 Å². The van der Waals surface area contributed by atoms with Gasteiger partial charge in [-0.1, -0.05) is 12.1 Å². The molecule has 2 bridgehead atoms. The minimum Gasteiger partial charge on any atom is -0.459 e. The zero-order valence-electron chi connectivity index (χ0n) is 14.7. The fourth-order valence-corrected chi connectivity index (χ4v) is 6.54. The van der Waals surface area contributed by atoms with Crippen molar-refractivity contribution in [2.75, 3.05) is 14.1 Å². The van der Waals surface area contributed by atoms with E-state index in [1.165, 1.54) is 22.7 Å². The molecule has 3 saturated heterocycles. The normalized spacial score (nSPS) is 34.3. The molecule has 4 unspecified atom stereocenters. The Morgan fingerprint density at radius 2 is 1.69 bits per heavy atom. The summed E-state index contributed by atoms with van der Waals surface area (Å²) in [4.78, 5) is 14.3. The van der Waals surface area contributed by atoms with Gasteiger partial charge in [0.25, 0.3) is 0 Å². The van der Waals surface area contributed by atoms with Crippen molar-refractivity contribution in [1.29, 1.82) is 0 Å². The molecule has 7 heteroatoms. The molecule has 0 aliphatic carbocycles. The Kier molecular flexibility index (Phi) is 3.65. The van der Waals surface area contributed by atoms with E-state index in [1.54, 1.807) is 12.1 Å². The molecule has 3 aliphatic heterocycles. The van der Waals surface area contributed by atoms with Crippen molar-refractivity contribution in [2.24, 2.45) is 0 Å². The maximum atomic E-state index is 13.1. The fraction of sp³-hybridized carbons (Fsp3) is 0.526. The number of carbonyl (C=O) groups excluding carboxylic acids is 1. The number of fused-ring (bicyclic) bond motifs is 5. The number of thiophene rings is 2. The summed E-state index contributed by atoms with van der Waals surface area (Å²) >= 11 is 2.74. The number of aliphatic hydroxyl groups is 1. The standard InChI is InChI=1S/C19H22NO4S2/c1-20(2)12-9-11(10-13(20)17-16(12)24-17)23-18(21)19(22,14-5-3-7-25-14)15-6-4-8-26-15/h3-8,11-13,16-17,22H,9-10H2,1-2H3/q+1/t11?,12-,13?,16?,17?/m1/s1. The Labute approximate surface area is 160 Å². The van der Waals surface area contributed by atoms with Crippen LogP contribution in [0.1, 0.15) is 22.6 Å². The Morgan fingerprint density at radius 3 is 2.15 bits per heavy atom. The van der Waals surface area contributed by atoms with E-state index >= 15 is 0 Å². The molecule has 3 fully saturated rings. The number of rotatable bonds is 4.